The molecule has 0 aliphatic heterocycles. The van der Waals surface area contributed by atoms with E-state index in [1.165, 1.54) is 12.8 Å². The highest BCUT2D eigenvalue weighted by molar-refractivity contribution is 5.77. The first-order valence-corrected chi connectivity index (χ1v) is 5.29. The van der Waals surface area contributed by atoms with Gasteiger partial charge in [0.25, 0.3) is 0 Å². The van der Waals surface area contributed by atoms with E-state index in [0.717, 1.165) is 12.5 Å². The number of rotatable bonds is 8. The Hall–Kier alpha value is -0.650. The van der Waals surface area contributed by atoms with Gasteiger partial charge in [0.2, 0.25) is 5.91 Å². The molecule has 0 unspecified atom stereocenters. The van der Waals surface area contributed by atoms with Crippen LogP contribution in [0.4, 0.5) is 0 Å². The lowest BCUT2D eigenvalue weighted by molar-refractivity contribution is -0.126. The Kier molecular flexibility index (Phi) is 5.60. The third-order valence-electron chi connectivity index (χ3n) is 2.41. The fourth-order valence-electron chi connectivity index (χ4n) is 1.23. The Morgan fingerprint density at radius 2 is 2.07 bits per heavy atom. The second-order valence-electron chi connectivity index (χ2n) is 3.78. The Morgan fingerprint density at radius 3 is 2.60 bits per heavy atom. The van der Waals surface area contributed by atoms with E-state index in [4.69, 9.17) is 9.47 Å². The smallest absolute Gasteiger partial charge is 0.234 e. The molecule has 0 aromatic carbocycles. The van der Waals surface area contributed by atoms with E-state index >= 15 is 0 Å². The van der Waals surface area contributed by atoms with Crippen molar-refractivity contribution >= 4 is 5.91 Å². The van der Waals surface area contributed by atoms with Gasteiger partial charge in [0, 0.05) is 14.2 Å². The third-order valence-corrected chi connectivity index (χ3v) is 2.41. The highest BCUT2D eigenvalue weighted by Gasteiger charge is 2.20. The normalized spacial score (nSPS) is 15.7. The molecular formula is C10H20N2O3. The quantitative estimate of drug-likeness (QED) is 0.548. The molecule has 1 amide bonds. The third kappa shape index (κ3) is 5.71. The Labute approximate surface area is 90.5 Å². The van der Waals surface area contributed by atoms with E-state index in [2.05, 4.69) is 10.6 Å². The Bertz CT molecular complexity index is 191. The molecule has 0 heterocycles. The molecule has 5 nitrogen and oxygen atoms in total. The zero-order valence-electron chi connectivity index (χ0n) is 9.41. The predicted octanol–water partition coefficient (Wildman–Crippen LogP) is -0.279. The summed E-state index contributed by atoms with van der Waals surface area (Å²) in [5.74, 6) is 0.776. The van der Waals surface area contributed by atoms with Crippen molar-refractivity contribution in [1.29, 1.82) is 0 Å². The molecule has 0 aromatic heterocycles. The number of hydrogen-bond donors (Lipinski definition) is 2. The first kappa shape index (κ1) is 12.4. The van der Waals surface area contributed by atoms with E-state index in [1.807, 2.05) is 0 Å². The molecule has 1 aliphatic rings. The fraction of sp³-hybridized carbons (Fsp3) is 0.900. The van der Waals surface area contributed by atoms with Crippen molar-refractivity contribution in [2.45, 2.75) is 19.1 Å². The second kappa shape index (κ2) is 6.76. The number of methoxy groups -OCH3 is 2. The number of ether oxygens (including phenoxy) is 2. The monoisotopic (exact) mass is 216 g/mol. The van der Waals surface area contributed by atoms with Crippen LogP contribution in [-0.4, -0.2) is 46.1 Å². The van der Waals surface area contributed by atoms with Crippen LogP contribution in [0.1, 0.15) is 12.8 Å². The van der Waals surface area contributed by atoms with E-state index in [0.29, 0.717) is 13.1 Å². The molecule has 15 heavy (non-hydrogen) atoms. The molecule has 1 saturated carbocycles. The van der Waals surface area contributed by atoms with Gasteiger partial charge >= 0.3 is 0 Å². The van der Waals surface area contributed by atoms with E-state index < -0.39 is 0 Å². The van der Waals surface area contributed by atoms with Gasteiger partial charge in [-0.1, -0.05) is 0 Å². The van der Waals surface area contributed by atoms with Crippen molar-refractivity contribution < 1.29 is 14.3 Å². The van der Waals surface area contributed by atoms with Gasteiger partial charge in [-0.25, -0.2) is 0 Å². The lowest BCUT2D eigenvalue weighted by Gasteiger charge is -2.14. The predicted molar refractivity (Wildman–Crippen MR) is 56.4 cm³/mol. The topological polar surface area (TPSA) is 59.6 Å². The van der Waals surface area contributed by atoms with Crippen molar-refractivity contribution in [3.8, 4) is 0 Å². The summed E-state index contributed by atoms with van der Waals surface area (Å²) in [5, 5.41) is 5.84. The van der Waals surface area contributed by atoms with Gasteiger partial charge in [0.1, 0.15) is 0 Å². The Balaban J connectivity index is 1.96. The van der Waals surface area contributed by atoms with Crippen LogP contribution in [-0.2, 0) is 14.3 Å². The van der Waals surface area contributed by atoms with Crippen molar-refractivity contribution in [1.82, 2.24) is 10.6 Å². The largest absolute Gasteiger partial charge is 0.354 e. The summed E-state index contributed by atoms with van der Waals surface area (Å²) in [6.45, 7) is 1.71. The minimum atomic E-state index is -0.364. The molecule has 0 saturated heterocycles. The zero-order valence-corrected chi connectivity index (χ0v) is 9.41. The van der Waals surface area contributed by atoms with Gasteiger partial charge in [-0.05, 0) is 25.3 Å². The highest BCUT2D eigenvalue weighted by atomic mass is 16.7. The number of amides is 1. The summed E-state index contributed by atoms with van der Waals surface area (Å²) >= 11 is 0. The van der Waals surface area contributed by atoms with Crippen molar-refractivity contribution in [3.05, 3.63) is 0 Å². The summed E-state index contributed by atoms with van der Waals surface area (Å²) in [4.78, 5) is 11.3. The number of carbonyl (C=O) groups is 1. The standard InChI is InChI=1S/C10H20N2O3/c1-14-10(15-2)7-12-9(13)6-11-5-8-3-4-8/h8,10-11H,3-7H2,1-2H3,(H,12,13). The number of nitrogens with one attached hydrogen (secondary N) is 2. The van der Waals surface area contributed by atoms with Crippen LogP contribution in [0, 0.1) is 5.92 Å². The van der Waals surface area contributed by atoms with Gasteiger partial charge in [-0.2, -0.15) is 0 Å². The van der Waals surface area contributed by atoms with Crippen LogP contribution < -0.4 is 10.6 Å². The molecule has 0 bridgehead atoms. The molecule has 1 rings (SSSR count). The van der Waals surface area contributed by atoms with Crippen LogP contribution >= 0.6 is 0 Å². The maximum absolute atomic E-state index is 11.3. The van der Waals surface area contributed by atoms with Gasteiger partial charge in [0.05, 0.1) is 13.1 Å². The van der Waals surface area contributed by atoms with Crippen LogP contribution in [0.5, 0.6) is 0 Å². The molecule has 0 aromatic rings. The Morgan fingerprint density at radius 1 is 1.40 bits per heavy atom. The van der Waals surface area contributed by atoms with Crippen LogP contribution in [0.3, 0.4) is 0 Å². The van der Waals surface area contributed by atoms with E-state index in [9.17, 15) is 4.79 Å². The van der Waals surface area contributed by atoms with E-state index in [1.54, 1.807) is 14.2 Å². The van der Waals surface area contributed by atoms with Gasteiger partial charge in [-0.3, -0.25) is 4.79 Å². The average Bonchev–Trinajstić information content (AvgIpc) is 3.03. The van der Waals surface area contributed by atoms with Crippen molar-refractivity contribution in [2.75, 3.05) is 33.9 Å². The summed E-state index contributed by atoms with van der Waals surface area (Å²) in [6, 6.07) is 0. The van der Waals surface area contributed by atoms with Crippen molar-refractivity contribution in [2.24, 2.45) is 5.92 Å². The van der Waals surface area contributed by atoms with E-state index in [-0.39, 0.29) is 12.2 Å². The molecule has 0 radical (unpaired) electrons. The minimum absolute atomic E-state index is 0.0187. The first-order chi connectivity index (χ1) is 7.26. The lowest BCUT2D eigenvalue weighted by atomic mass is 10.4. The molecule has 0 spiro atoms. The first-order valence-electron chi connectivity index (χ1n) is 5.29. The average molecular weight is 216 g/mol. The maximum atomic E-state index is 11.3. The zero-order chi connectivity index (χ0) is 11.1. The van der Waals surface area contributed by atoms with Gasteiger partial charge in [0.15, 0.2) is 6.29 Å². The van der Waals surface area contributed by atoms with Crippen molar-refractivity contribution in [3.63, 3.8) is 0 Å². The number of carbonyl (C=O) groups excluding carboxylic acids is 1. The summed E-state index contributed by atoms with van der Waals surface area (Å²) in [5.41, 5.74) is 0. The van der Waals surface area contributed by atoms with Crippen LogP contribution in [0.15, 0.2) is 0 Å². The second-order valence-corrected chi connectivity index (χ2v) is 3.78. The molecule has 1 fully saturated rings. The summed E-state index contributed by atoms with van der Waals surface area (Å²) < 4.78 is 9.89. The molecule has 88 valence electrons. The molecule has 2 N–H and O–H groups in total. The van der Waals surface area contributed by atoms with Crippen LogP contribution in [0.2, 0.25) is 0 Å². The van der Waals surface area contributed by atoms with Gasteiger partial charge < -0.3 is 20.1 Å². The molecule has 1 aliphatic carbocycles. The SMILES string of the molecule is COC(CNC(=O)CNCC1CC1)OC. The molecule has 5 heteroatoms. The summed E-state index contributed by atoms with van der Waals surface area (Å²) in [7, 11) is 3.09. The fourth-order valence-corrected chi connectivity index (χ4v) is 1.23. The lowest BCUT2D eigenvalue weighted by Crippen LogP contribution is -2.39. The molecular weight excluding hydrogens is 196 g/mol. The highest BCUT2D eigenvalue weighted by Crippen LogP contribution is 2.27. The maximum Gasteiger partial charge on any atom is 0.234 e. The number of hydrogen-bond acceptors (Lipinski definition) is 4. The summed E-state index contributed by atoms with van der Waals surface area (Å²) in [6.07, 6.45) is 2.23. The minimum Gasteiger partial charge on any atom is -0.354 e. The van der Waals surface area contributed by atoms with Crippen LogP contribution in [0.25, 0.3) is 0 Å². The molecule has 0 atom stereocenters. The van der Waals surface area contributed by atoms with Gasteiger partial charge in [-0.15, -0.1) is 0 Å².